The van der Waals surface area contributed by atoms with Crippen molar-refractivity contribution in [3.8, 4) is 5.75 Å². The summed E-state index contributed by atoms with van der Waals surface area (Å²) in [5, 5.41) is 3.14. The molecule has 2 aromatic carbocycles. The van der Waals surface area contributed by atoms with E-state index in [9.17, 15) is 14.0 Å². The number of amides is 2. The molecule has 1 aliphatic rings. The number of anilines is 1. The molecule has 0 bridgehead atoms. The molecule has 1 unspecified atom stereocenters. The lowest BCUT2D eigenvalue weighted by molar-refractivity contribution is -0.123. The summed E-state index contributed by atoms with van der Waals surface area (Å²) in [5.41, 5.74) is 1.22. The van der Waals surface area contributed by atoms with Crippen molar-refractivity contribution in [2.24, 2.45) is 0 Å². The van der Waals surface area contributed by atoms with E-state index in [0.717, 1.165) is 32.1 Å². The maximum atomic E-state index is 13.8. The van der Waals surface area contributed by atoms with Crippen LogP contribution in [0.4, 0.5) is 10.1 Å². The van der Waals surface area contributed by atoms with Gasteiger partial charge in [-0.3, -0.25) is 19.5 Å². The molecular weight excluding hydrogens is 433 g/mol. The molecule has 1 saturated carbocycles. The second kappa shape index (κ2) is 10.9. The van der Waals surface area contributed by atoms with E-state index < -0.39 is 17.8 Å². The number of ether oxygens (including phenoxy) is 1. The maximum Gasteiger partial charge on any atom is 0.277 e. The number of methoxy groups -OCH3 is 1. The molecule has 1 aliphatic carbocycles. The minimum atomic E-state index is -1.01. The molecule has 7 heteroatoms. The first-order chi connectivity index (χ1) is 16.6. The smallest absolute Gasteiger partial charge is 0.277 e. The van der Waals surface area contributed by atoms with Crippen molar-refractivity contribution in [3.63, 3.8) is 0 Å². The number of aromatic nitrogens is 1. The quantitative estimate of drug-likeness (QED) is 0.534. The van der Waals surface area contributed by atoms with E-state index in [0.29, 0.717) is 17.0 Å². The molecule has 0 radical (unpaired) electrons. The van der Waals surface area contributed by atoms with Crippen molar-refractivity contribution in [2.45, 2.75) is 44.2 Å². The number of nitrogens with zero attached hydrogens (tertiary/aromatic N) is 2. The number of nitrogens with one attached hydrogen (secondary N) is 1. The molecule has 1 fully saturated rings. The molecule has 1 atom stereocenters. The normalized spacial score (nSPS) is 14.8. The van der Waals surface area contributed by atoms with E-state index in [1.807, 2.05) is 0 Å². The number of pyridine rings is 1. The molecule has 0 spiro atoms. The van der Waals surface area contributed by atoms with Gasteiger partial charge in [-0.2, -0.15) is 0 Å². The zero-order chi connectivity index (χ0) is 23.9. The Hall–Kier alpha value is -3.74. The number of hydrogen-bond acceptors (Lipinski definition) is 4. The van der Waals surface area contributed by atoms with Crippen molar-refractivity contribution in [3.05, 3.63) is 90.0 Å². The molecule has 1 N–H and O–H groups in total. The van der Waals surface area contributed by atoms with Gasteiger partial charge >= 0.3 is 0 Å². The highest BCUT2D eigenvalue weighted by atomic mass is 19.1. The van der Waals surface area contributed by atoms with Crippen LogP contribution in [0.25, 0.3) is 0 Å². The van der Waals surface area contributed by atoms with Crippen molar-refractivity contribution in [1.82, 2.24) is 10.3 Å². The Labute approximate surface area is 198 Å². The lowest BCUT2D eigenvalue weighted by atomic mass is 9.94. The minimum Gasteiger partial charge on any atom is -0.497 e. The lowest BCUT2D eigenvalue weighted by Gasteiger charge is -2.33. The summed E-state index contributed by atoms with van der Waals surface area (Å²) in [6.45, 7) is 0. The second-order valence-corrected chi connectivity index (χ2v) is 8.39. The first-order valence-corrected chi connectivity index (χ1v) is 11.5. The molecule has 0 saturated heterocycles. The Bertz CT molecular complexity index is 1100. The summed E-state index contributed by atoms with van der Waals surface area (Å²) >= 11 is 0. The summed E-state index contributed by atoms with van der Waals surface area (Å²) in [4.78, 5) is 33.1. The zero-order valence-electron chi connectivity index (χ0n) is 19.1. The predicted molar refractivity (Wildman–Crippen MR) is 128 cm³/mol. The molecule has 3 aromatic rings. The largest absolute Gasteiger partial charge is 0.497 e. The van der Waals surface area contributed by atoms with Crippen molar-refractivity contribution in [2.75, 3.05) is 12.0 Å². The van der Waals surface area contributed by atoms with Crippen LogP contribution >= 0.6 is 0 Å². The van der Waals surface area contributed by atoms with Crippen LogP contribution in [0.15, 0.2) is 72.9 Å². The standard InChI is InChI=1S/C27H28FN3O3/c1-34-23-16-14-22(15-17-23)31(27(33)24-9-5-6-18-29-24)25(19-10-12-20(28)13-11-19)26(32)30-21-7-3-2-4-8-21/h5-6,9-18,21,25H,2-4,7-8H2,1H3,(H,30,32). The minimum absolute atomic E-state index is 0.0480. The Morgan fingerprint density at radius 1 is 1.00 bits per heavy atom. The molecule has 34 heavy (non-hydrogen) atoms. The Morgan fingerprint density at radius 2 is 1.71 bits per heavy atom. The fourth-order valence-electron chi connectivity index (χ4n) is 4.33. The van der Waals surface area contributed by atoms with E-state index in [1.54, 1.807) is 61.7 Å². The highest BCUT2D eigenvalue weighted by Crippen LogP contribution is 2.31. The van der Waals surface area contributed by atoms with Crippen LogP contribution in [-0.2, 0) is 4.79 Å². The van der Waals surface area contributed by atoms with Crippen molar-refractivity contribution < 1.29 is 18.7 Å². The fraction of sp³-hybridized carbons (Fsp3) is 0.296. The van der Waals surface area contributed by atoms with Crippen LogP contribution < -0.4 is 15.0 Å². The van der Waals surface area contributed by atoms with Gasteiger partial charge in [0.15, 0.2) is 0 Å². The molecule has 1 heterocycles. The average Bonchev–Trinajstić information content (AvgIpc) is 2.89. The van der Waals surface area contributed by atoms with Crippen LogP contribution in [0.3, 0.4) is 0 Å². The second-order valence-electron chi connectivity index (χ2n) is 8.39. The third-order valence-corrected chi connectivity index (χ3v) is 6.10. The van der Waals surface area contributed by atoms with E-state index in [4.69, 9.17) is 4.74 Å². The molecule has 6 nitrogen and oxygen atoms in total. The van der Waals surface area contributed by atoms with Crippen LogP contribution in [0, 0.1) is 5.82 Å². The van der Waals surface area contributed by atoms with E-state index in [2.05, 4.69) is 10.3 Å². The number of benzene rings is 2. The number of carbonyl (C=O) groups excluding carboxylic acids is 2. The fourth-order valence-corrected chi connectivity index (χ4v) is 4.33. The molecule has 176 valence electrons. The van der Waals surface area contributed by atoms with Crippen molar-refractivity contribution >= 4 is 17.5 Å². The highest BCUT2D eigenvalue weighted by Gasteiger charge is 2.35. The number of hydrogen-bond donors (Lipinski definition) is 1. The van der Waals surface area contributed by atoms with Gasteiger partial charge in [0.25, 0.3) is 5.91 Å². The third-order valence-electron chi connectivity index (χ3n) is 6.10. The molecule has 1 aromatic heterocycles. The summed E-state index contributed by atoms with van der Waals surface area (Å²) < 4.78 is 19.0. The van der Waals surface area contributed by atoms with Gasteiger partial charge in [0.05, 0.1) is 7.11 Å². The first-order valence-electron chi connectivity index (χ1n) is 11.5. The van der Waals surface area contributed by atoms with Gasteiger partial charge in [0.2, 0.25) is 5.91 Å². The molecule has 0 aliphatic heterocycles. The van der Waals surface area contributed by atoms with Gasteiger partial charge < -0.3 is 10.1 Å². The number of carbonyl (C=O) groups is 2. The van der Waals surface area contributed by atoms with E-state index in [-0.39, 0.29) is 17.6 Å². The van der Waals surface area contributed by atoms with Gasteiger partial charge in [0.1, 0.15) is 23.3 Å². The zero-order valence-corrected chi connectivity index (χ0v) is 19.1. The van der Waals surface area contributed by atoms with Crippen molar-refractivity contribution in [1.29, 1.82) is 0 Å². The van der Waals surface area contributed by atoms with Crippen LogP contribution in [0.1, 0.15) is 54.2 Å². The maximum absolute atomic E-state index is 13.8. The van der Waals surface area contributed by atoms with Crippen LogP contribution in [0.2, 0.25) is 0 Å². The number of rotatable bonds is 7. The van der Waals surface area contributed by atoms with Gasteiger partial charge in [-0.25, -0.2) is 4.39 Å². The summed E-state index contributed by atoms with van der Waals surface area (Å²) in [5.74, 6) is -0.529. The van der Waals surface area contributed by atoms with Crippen LogP contribution in [0.5, 0.6) is 5.75 Å². The average molecular weight is 462 g/mol. The lowest BCUT2D eigenvalue weighted by Crippen LogP contribution is -2.47. The number of halogens is 1. The highest BCUT2D eigenvalue weighted by molar-refractivity contribution is 6.09. The summed E-state index contributed by atoms with van der Waals surface area (Å²) in [6, 6.07) is 16.7. The Kier molecular flexibility index (Phi) is 7.52. The van der Waals surface area contributed by atoms with Crippen LogP contribution in [-0.4, -0.2) is 29.9 Å². The topological polar surface area (TPSA) is 71.5 Å². The van der Waals surface area contributed by atoms with Gasteiger partial charge in [-0.1, -0.05) is 37.5 Å². The third kappa shape index (κ3) is 5.42. The van der Waals surface area contributed by atoms with E-state index >= 15 is 0 Å². The molecule has 2 amide bonds. The Balaban J connectivity index is 1.79. The predicted octanol–water partition coefficient (Wildman–Crippen LogP) is 5.07. The molecule has 4 rings (SSSR count). The first kappa shape index (κ1) is 23.4. The van der Waals surface area contributed by atoms with Gasteiger partial charge in [-0.15, -0.1) is 0 Å². The van der Waals surface area contributed by atoms with E-state index in [1.165, 1.54) is 23.2 Å². The van der Waals surface area contributed by atoms with Gasteiger partial charge in [-0.05, 0) is 66.9 Å². The molecular formula is C27H28FN3O3. The monoisotopic (exact) mass is 461 g/mol. The SMILES string of the molecule is COc1ccc(N(C(=O)c2ccccn2)C(C(=O)NC2CCCCC2)c2ccc(F)cc2)cc1. The summed E-state index contributed by atoms with van der Waals surface area (Å²) in [6.07, 6.45) is 6.61. The van der Waals surface area contributed by atoms with Gasteiger partial charge in [0, 0.05) is 17.9 Å². The summed E-state index contributed by atoms with van der Waals surface area (Å²) in [7, 11) is 1.56. The Morgan fingerprint density at radius 3 is 2.32 bits per heavy atom.